The summed E-state index contributed by atoms with van der Waals surface area (Å²) in [6.07, 6.45) is 0.625. The summed E-state index contributed by atoms with van der Waals surface area (Å²) < 4.78 is 15.8. The number of para-hydroxylation sites is 2. The third-order valence-electron chi connectivity index (χ3n) is 5.52. The molecule has 0 radical (unpaired) electrons. The number of ether oxygens (including phenoxy) is 3. The van der Waals surface area contributed by atoms with Gasteiger partial charge in [-0.05, 0) is 24.5 Å². The van der Waals surface area contributed by atoms with Gasteiger partial charge in [0.05, 0.1) is 29.5 Å². The number of methoxy groups -OCH3 is 1. The molecule has 1 aromatic rings. The second-order valence-corrected chi connectivity index (χ2v) is 7.87. The summed E-state index contributed by atoms with van der Waals surface area (Å²) in [6, 6.07) is 6.96. The molecule has 26 heavy (non-hydrogen) atoms. The van der Waals surface area contributed by atoms with E-state index in [0.29, 0.717) is 11.4 Å². The third kappa shape index (κ3) is 2.67. The zero-order chi connectivity index (χ0) is 18.4. The van der Waals surface area contributed by atoms with Gasteiger partial charge in [-0.3, -0.25) is 14.4 Å². The lowest BCUT2D eigenvalue weighted by Gasteiger charge is -2.26. The molecule has 1 saturated heterocycles. The number of carbonyl (C=O) groups is 3. The number of carbonyl (C=O) groups excluding carboxylic acids is 3. The van der Waals surface area contributed by atoms with Crippen LogP contribution < -0.4 is 10.1 Å². The molecule has 2 aliphatic carbocycles. The summed E-state index contributed by atoms with van der Waals surface area (Å²) in [5, 5.41) is 2.65. The Hall–Kier alpha value is -2.09. The van der Waals surface area contributed by atoms with Crippen LogP contribution in [0.25, 0.3) is 0 Å². The second kappa shape index (κ2) is 6.57. The van der Waals surface area contributed by atoms with Crippen molar-refractivity contribution in [3.8, 4) is 5.75 Å². The van der Waals surface area contributed by atoms with Crippen LogP contribution in [0.5, 0.6) is 5.75 Å². The van der Waals surface area contributed by atoms with Crippen molar-refractivity contribution >= 4 is 39.5 Å². The van der Waals surface area contributed by atoms with Gasteiger partial charge in [0.1, 0.15) is 11.9 Å². The van der Waals surface area contributed by atoms with Crippen molar-refractivity contribution in [3.63, 3.8) is 0 Å². The first kappa shape index (κ1) is 17.3. The molecular weight excluding hydrogens is 406 g/mol. The quantitative estimate of drug-likeness (QED) is 0.572. The third-order valence-corrected chi connectivity index (χ3v) is 6.72. The Balaban J connectivity index is 1.37. The summed E-state index contributed by atoms with van der Waals surface area (Å²) in [7, 11) is 1.50. The second-order valence-electron chi connectivity index (χ2n) is 6.82. The van der Waals surface area contributed by atoms with Crippen molar-refractivity contribution in [3.05, 3.63) is 24.3 Å². The van der Waals surface area contributed by atoms with Crippen LogP contribution in [0.2, 0.25) is 0 Å². The zero-order valence-electron chi connectivity index (χ0n) is 14.0. The number of amides is 1. The van der Waals surface area contributed by atoms with Gasteiger partial charge in [0.15, 0.2) is 6.61 Å². The SMILES string of the molecule is COc1ccccc1NC(=O)COC(=O)[C@@H]1[C@H]2C[C@H]3[C@H](OC(=O)[C@@H]31)[C@@H]2Br. The molecule has 7 nitrogen and oxygen atoms in total. The average Bonchev–Trinajstić information content (AvgIpc) is 3.24. The van der Waals surface area contributed by atoms with Gasteiger partial charge in [-0.15, -0.1) is 0 Å². The Morgan fingerprint density at radius 2 is 2.08 bits per heavy atom. The van der Waals surface area contributed by atoms with E-state index in [1.165, 1.54) is 7.11 Å². The van der Waals surface area contributed by atoms with Gasteiger partial charge in [-0.1, -0.05) is 28.1 Å². The van der Waals surface area contributed by atoms with Crippen LogP contribution in [-0.4, -0.2) is 42.5 Å². The summed E-state index contributed by atoms with van der Waals surface area (Å²) in [6.45, 7) is -0.414. The van der Waals surface area contributed by atoms with E-state index in [9.17, 15) is 14.4 Å². The van der Waals surface area contributed by atoms with Gasteiger partial charge >= 0.3 is 11.9 Å². The Bertz CT molecular complexity index is 768. The number of anilines is 1. The van der Waals surface area contributed by atoms with E-state index in [4.69, 9.17) is 14.2 Å². The van der Waals surface area contributed by atoms with Crippen molar-refractivity contribution in [2.45, 2.75) is 17.4 Å². The first-order chi connectivity index (χ1) is 12.5. The van der Waals surface area contributed by atoms with Crippen molar-refractivity contribution in [1.82, 2.24) is 0 Å². The molecule has 4 rings (SSSR count). The molecule has 3 aliphatic rings. The number of nitrogens with one attached hydrogen (secondary N) is 1. The Kier molecular flexibility index (Phi) is 4.38. The molecule has 1 heterocycles. The number of rotatable bonds is 5. The van der Waals surface area contributed by atoms with Crippen molar-refractivity contribution in [1.29, 1.82) is 0 Å². The highest BCUT2D eigenvalue weighted by atomic mass is 79.9. The van der Waals surface area contributed by atoms with E-state index in [2.05, 4.69) is 21.2 Å². The Morgan fingerprint density at radius 1 is 1.31 bits per heavy atom. The minimum absolute atomic E-state index is 0.00577. The van der Waals surface area contributed by atoms with Crippen LogP contribution in [0.3, 0.4) is 0 Å². The van der Waals surface area contributed by atoms with E-state index in [1.54, 1.807) is 24.3 Å². The highest BCUT2D eigenvalue weighted by Crippen LogP contribution is 2.60. The molecule has 1 amide bonds. The van der Waals surface area contributed by atoms with Crippen LogP contribution in [0.4, 0.5) is 5.69 Å². The predicted octanol–water partition coefficient (Wildman–Crippen LogP) is 1.75. The molecule has 0 aromatic heterocycles. The summed E-state index contributed by atoms with van der Waals surface area (Å²) in [5.41, 5.74) is 0.499. The number of halogens is 1. The van der Waals surface area contributed by atoms with Gasteiger partial charge in [0.25, 0.3) is 5.91 Å². The molecule has 138 valence electrons. The van der Waals surface area contributed by atoms with Crippen LogP contribution >= 0.6 is 15.9 Å². The van der Waals surface area contributed by atoms with Crippen molar-refractivity contribution in [2.75, 3.05) is 19.0 Å². The van der Waals surface area contributed by atoms with Gasteiger partial charge in [0.2, 0.25) is 0 Å². The van der Waals surface area contributed by atoms with Crippen molar-refractivity contribution in [2.24, 2.45) is 23.7 Å². The van der Waals surface area contributed by atoms with Crippen LogP contribution in [0.15, 0.2) is 24.3 Å². The molecular formula is C18H18BrNO6. The topological polar surface area (TPSA) is 90.9 Å². The van der Waals surface area contributed by atoms with Crippen LogP contribution in [-0.2, 0) is 23.9 Å². The summed E-state index contributed by atoms with van der Waals surface area (Å²) >= 11 is 3.55. The van der Waals surface area contributed by atoms with E-state index < -0.39 is 30.3 Å². The molecule has 2 bridgehead atoms. The largest absolute Gasteiger partial charge is 0.495 e. The van der Waals surface area contributed by atoms with Crippen molar-refractivity contribution < 1.29 is 28.6 Å². The monoisotopic (exact) mass is 423 g/mol. The standard InChI is InChI=1S/C18H18BrNO6/c1-24-11-5-3-2-4-10(11)20-12(21)7-25-17(22)13-8-6-9-14(13)18(23)26-16(9)15(8)19/h2-5,8-9,13-16H,6-7H2,1H3,(H,20,21)/t8-,9-,13-,14+,15-,16+/m1/s1. The number of esters is 2. The van der Waals surface area contributed by atoms with E-state index in [0.717, 1.165) is 6.42 Å². The first-order valence-corrected chi connectivity index (χ1v) is 9.37. The molecule has 3 fully saturated rings. The maximum absolute atomic E-state index is 12.5. The van der Waals surface area contributed by atoms with Gasteiger partial charge in [0, 0.05) is 5.92 Å². The predicted molar refractivity (Wildman–Crippen MR) is 93.8 cm³/mol. The lowest BCUT2D eigenvalue weighted by molar-refractivity contribution is -0.157. The van der Waals surface area contributed by atoms with Gasteiger partial charge in [-0.2, -0.15) is 0 Å². The first-order valence-electron chi connectivity index (χ1n) is 8.45. The minimum Gasteiger partial charge on any atom is -0.495 e. The number of alkyl halides is 1. The molecule has 6 atom stereocenters. The average molecular weight is 424 g/mol. The number of hydrogen-bond acceptors (Lipinski definition) is 6. The molecule has 1 N–H and O–H groups in total. The minimum atomic E-state index is -0.547. The Morgan fingerprint density at radius 3 is 2.85 bits per heavy atom. The normalized spacial score (nSPS) is 33.7. The fourth-order valence-corrected chi connectivity index (χ4v) is 5.51. The van der Waals surface area contributed by atoms with E-state index in [1.807, 2.05) is 0 Å². The fraction of sp³-hybridized carbons (Fsp3) is 0.500. The Labute approximate surface area is 158 Å². The lowest BCUT2D eigenvalue weighted by Crippen LogP contribution is -2.39. The highest BCUT2D eigenvalue weighted by molar-refractivity contribution is 9.09. The summed E-state index contributed by atoms with van der Waals surface area (Å²) in [4.78, 5) is 36.7. The molecule has 0 unspecified atom stereocenters. The molecule has 8 heteroatoms. The number of fused-ring (bicyclic) bond motifs is 1. The van der Waals surface area contributed by atoms with Gasteiger partial charge in [-0.25, -0.2) is 0 Å². The fourth-order valence-electron chi connectivity index (χ4n) is 4.46. The maximum Gasteiger partial charge on any atom is 0.310 e. The number of hydrogen-bond donors (Lipinski definition) is 1. The maximum atomic E-state index is 12.5. The van der Waals surface area contributed by atoms with E-state index >= 15 is 0 Å². The molecule has 1 aromatic carbocycles. The summed E-state index contributed by atoms with van der Waals surface area (Å²) in [5.74, 6) is -1.71. The zero-order valence-corrected chi connectivity index (χ0v) is 15.6. The lowest BCUT2D eigenvalue weighted by atomic mass is 9.80. The smallest absolute Gasteiger partial charge is 0.310 e. The number of benzene rings is 1. The molecule has 2 saturated carbocycles. The molecule has 0 spiro atoms. The molecule has 1 aliphatic heterocycles. The van der Waals surface area contributed by atoms with E-state index in [-0.39, 0.29) is 28.7 Å². The van der Waals surface area contributed by atoms with Crippen LogP contribution in [0.1, 0.15) is 6.42 Å². The van der Waals surface area contributed by atoms with Crippen LogP contribution in [0, 0.1) is 23.7 Å². The highest BCUT2D eigenvalue weighted by Gasteiger charge is 2.68. The van der Waals surface area contributed by atoms with Gasteiger partial charge < -0.3 is 19.5 Å².